The molecule has 2 N–H and O–H groups in total. The normalized spacial score (nSPS) is 30.2. The van der Waals surface area contributed by atoms with Crippen LogP contribution in [0.15, 0.2) is 35.9 Å². The Morgan fingerprint density at radius 1 is 1.16 bits per heavy atom. The second-order valence-corrected chi connectivity index (χ2v) is 17.1. The molecule has 57 heavy (non-hydrogen) atoms. The molecular formula is C40H58ClN3O12S. The van der Waals surface area contributed by atoms with Gasteiger partial charge in [-0.2, -0.15) is 12.6 Å². The van der Waals surface area contributed by atoms with Crippen molar-refractivity contribution in [1.29, 1.82) is 0 Å². The van der Waals surface area contributed by atoms with E-state index in [9.17, 15) is 24.3 Å². The van der Waals surface area contributed by atoms with E-state index in [0.717, 1.165) is 11.1 Å². The summed E-state index contributed by atoms with van der Waals surface area (Å²) >= 11 is 11.5. The lowest BCUT2D eigenvalue weighted by Gasteiger charge is -2.59. The molecule has 5 rings (SSSR count). The van der Waals surface area contributed by atoms with Gasteiger partial charge in [0.05, 0.1) is 37.2 Å². The average Bonchev–Trinajstić information content (AvgIpc) is 3.13. The topological polar surface area (TPSA) is 172 Å². The summed E-state index contributed by atoms with van der Waals surface area (Å²) in [6.45, 7) is 7.37. The highest BCUT2D eigenvalue weighted by Gasteiger charge is 2.63. The number of likely N-dealkylation sites (N-methyl/N-ethyl adjacent to an activating group) is 1. The summed E-state index contributed by atoms with van der Waals surface area (Å²) in [6.07, 6.45) is 1.74. The fourth-order valence-corrected chi connectivity index (χ4v) is 8.43. The molecule has 0 saturated carbocycles. The van der Waals surface area contributed by atoms with Gasteiger partial charge >= 0.3 is 12.1 Å². The minimum Gasteiger partial charge on any atom is -0.495 e. The Labute approximate surface area is 345 Å². The van der Waals surface area contributed by atoms with Crippen LogP contribution in [-0.4, -0.2) is 136 Å². The zero-order chi connectivity index (χ0) is 42.5. The maximum Gasteiger partial charge on any atom is 0.409 e. The van der Waals surface area contributed by atoms with Gasteiger partial charge in [0.15, 0.2) is 5.72 Å². The molecule has 318 valence electrons. The molecular weight excluding hydrogens is 782 g/mol. The van der Waals surface area contributed by atoms with Crippen LogP contribution in [0.5, 0.6) is 5.75 Å². The van der Waals surface area contributed by atoms with Crippen molar-refractivity contribution in [3.63, 3.8) is 0 Å². The van der Waals surface area contributed by atoms with Crippen molar-refractivity contribution < 1.29 is 57.4 Å². The summed E-state index contributed by atoms with van der Waals surface area (Å²) in [7, 11) is 9.04. The fourth-order valence-electron chi connectivity index (χ4n) is 7.75. The number of halogens is 1. The maximum atomic E-state index is 14.2. The number of hydrogen-bond donors (Lipinski definition) is 3. The van der Waals surface area contributed by atoms with Crippen LogP contribution in [0.1, 0.15) is 65.4 Å². The minimum absolute atomic E-state index is 0.0515. The van der Waals surface area contributed by atoms with E-state index in [-0.39, 0.29) is 49.8 Å². The number of esters is 1. The molecule has 2 fully saturated rings. The van der Waals surface area contributed by atoms with Gasteiger partial charge < -0.3 is 48.1 Å². The molecule has 6 bridgehead atoms. The molecule has 15 nitrogen and oxygen atoms in total. The lowest BCUT2D eigenvalue weighted by Crippen LogP contribution is -2.72. The van der Waals surface area contributed by atoms with E-state index in [2.05, 4.69) is 17.9 Å². The van der Waals surface area contributed by atoms with Gasteiger partial charge in [0.25, 0.3) is 0 Å². The fraction of sp³-hybridized carbons (Fsp3) is 0.650. The van der Waals surface area contributed by atoms with Gasteiger partial charge in [-0.15, -0.1) is 0 Å². The molecule has 0 aliphatic carbocycles. The van der Waals surface area contributed by atoms with E-state index in [1.54, 1.807) is 45.2 Å². The van der Waals surface area contributed by atoms with Crippen molar-refractivity contribution in [3.05, 3.63) is 46.5 Å². The monoisotopic (exact) mass is 839 g/mol. The van der Waals surface area contributed by atoms with Gasteiger partial charge in [0, 0.05) is 54.7 Å². The number of nitrogens with one attached hydrogen (secondary N) is 1. The van der Waals surface area contributed by atoms with Crippen molar-refractivity contribution in [2.24, 2.45) is 0 Å². The Bertz CT molecular complexity index is 1710. The molecule has 0 spiro atoms. The maximum absolute atomic E-state index is 14.2. The molecule has 0 radical (unpaired) electrons. The van der Waals surface area contributed by atoms with Crippen LogP contribution in [0.25, 0.3) is 0 Å². The number of carbonyl (C=O) groups is 4. The number of thiol groups is 1. The first kappa shape index (κ1) is 46.3. The Kier molecular flexibility index (Phi) is 15.2. The second-order valence-electron chi connectivity index (χ2n) is 15.8. The predicted molar refractivity (Wildman–Crippen MR) is 216 cm³/mol. The number of fused-ring (bicyclic) bond motifs is 6. The van der Waals surface area contributed by atoms with E-state index in [1.807, 2.05) is 13.0 Å². The summed E-state index contributed by atoms with van der Waals surface area (Å²) in [4.78, 5) is 57.1. The minimum atomic E-state index is -1.87. The number of anilines is 1. The summed E-state index contributed by atoms with van der Waals surface area (Å²) in [5, 5.41) is 14.5. The number of alkyl carbamates (subject to hydrolysis) is 1. The molecule has 1 unspecified atom stereocenters. The highest BCUT2D eigenvalue weighted by molar-refractivity contribution is 7.81. The largest absolute Gasteiger partial charge is 0.495 e. The zero-order valence-corrected chi connectivity index (χ0v) is 36.2. The summed E-state index contributed by atoms with van der Waals surface area (Å²) in [5.74, 6) is -1.20. The molecule has 4 aliphatic heterocycles. The van der Waals surface area contributed by atoms with Gasteiger partial charge in [0.1, 0.15) is 46.3 Å². The van der Waals surface area contributed by atoms with Gasteiger partial charge in [-0.1, -0.05) is 35.4 Å². The smallest absolute Gasteiger partial charge is 0.409 e. The van der Waals surface area contributed by atoms with Crippen LogP contribution >= 0.6 is 24.2 Å². The number of rotatable bonds is 12. The summed E-state index contributed by atoms with van der Waals surface area (Å²) in [5.41, 5.74) is -2.24. The van der Waals surface area contributed by atoms with Gasteiger partial charge in [-0.25, -0.2) is 9.59 Å². The van der Waals surface area contributed by atoms with Gasteiger partial charge in [-0.3, -0.25) is 14.9 Å². The number of amides is 3. The molecule has 2 saturated heterocycles. The Morgan fingerprint density at radius 3 is 2.40 bits per heavy atom. The predicted octanol–water partition coefficient (Wildman–Crippen LogP) is 4.40. The summed E-state index contributed by atoms with van der Waals surface area (Å²) in [6, 6.07) is 2.52. The Hall–Kier alpha value is -3.38. The van der Waals surface area contributed by atoms with E-state index < -0.39 is 64.0 Å². The molecule has 17 heteroatoms. The van der Waals surface area contributed by atoms with Crippen molar-refractivity contribution in [1.82, 2.24) is 10.2 Å². The van der Waals surface area contributed by atoms with Crippen LogP contribution in [-0.2, 0) is 49.2 Å². The van der Waals surface area contributed by atoms with Crippen molar-refractivity contribution in [2.75, 3.05) is 60.6 Å². The van der Waals surface area contributed by atoms with Crippen LogP contribution in [0.3, 0.4) is 0 Å². The second kappa shape index (κ2) is 18.7. The van der Waals surface area contributed by atoms with E-state index >= 15 is 0 Å². The van der Waals surface area contributed by atoms with Crippen molar-refractivity contribution >= 4 is 53.8 Å². The number of nitrogens with zero attached hydrogens (tertiary/aromatic N) is 2. The van der Waals surface area contributed by atoms with E-state index in [1.165, 1.54) is 52.2 Å². The van der Waals surface area contributed by atoms with Gasteiger partial charge in [0.2, 0.25) is 11.8 Å². The highest BCUT2D eigenvalue weighted by atomic mass is 35.5. The molecule has 4 aliphatic rings. The first-order valence-electron chi connectivity index (χ1n) is 18.7. The number of allylic oxidation sites excluding steroid dienone is 3. The molecule has 1 aromatic carbocycles. The average molecular weight is 840 g/mol. The summed E-state index contributed by atoms with van der Waals surface area (Å²) < 4.78 is 39.4. The highest BCUT2D eigenvalue weighted by Crippen LogP contribution is 2.50. The third-order valence-electron chi connectivity index (χ3n) is 11.1. The van der Waals surface area contributed by atoms with E-state index in [0.29, 0.717) is 24.3 Å². The third kappa shape index (κ3) is 10.6. The number of aliphatic hydroxyl groups is 1. The molecule has 3 amide bonds. The first-order chi connectivity index (χ1) is 26.7. The van der Waals surface area contributed by atoms with Crippen LogP contribution < -0.4 is 15.0 Å². The van der Waals surface area contributed by atoms with Crippen LogP contribution in [0, 0.1) is 0 Å². The SMILES string of the molecule is COCC(S)(CCC(=O)N(C)[C@H](C)C(=O)O[C@H]1CC(=O)N(C)c2cc(cc(OC)c2Cl)C/C(C)=C/C=C/[C@@H](OC)[C@@]2(O)C[C@H](OC(=O)N2)C2(C)C[C@@]1(C)O2)COC. The molecule has 7 atom stereocenters. The third-order valence-corrected chi connectivity index (χ3v) is 11.9. The zero-order valence-electron chi connectivity index (χ0n) is 34.5. The lowest BCUT2D eigenvalue weighted by atomic mass is 9.72. The molecule has 0 aromatic heterocycles. The van der Waals surface area contributed by atoms with Gasteiger partial charge in [-0.05, 0) is 58.2 Å². The van der Waals surface area contributed by atoms with Crippen LogP contribution in [0.2, 0.25) is 5.02 Å². The number of ether oxygens (including phenoxy) is 7. The van der Waals surface area contributed by atoms with Crippen LogP contribution in [0.4, 0.5) is 10.5 Å². The quantitative estimate of drug-likeness (QED) is 0.201. The standard InChI is InChI=1S/C40H58ClN3O12S/c1-24-12-11-13-29(53-10)40(49)20-31(55-36(48)42-40)38(4)21-37(3,56-38)30(19-33(46)44(6)27-17-26(16-24)18-28(52-9)34(27)41)54-35(47)25(2)43(5)32(45)14-15-39(57,22-50-7)23-51-8/h11-13,17-18,25,29-31,49,57H,14-16,19-23H2,1-10H3,(H,42,48)/b13-11+,24-12+/t25-,29-,30+,31+,37-,38?,40+/m1/s1. The lowest BCUT2D eigenvalue weighted by molar-refractivity contribution is -0.328. The number of carbonyl (C=O) groups excluding carboxylic acids is 4. The number of methoxy groups -OCH3 is 4. The Morgan fingerprint density at radius 2 is 1.81 bits per heavy atom. The Balaban J connectivity index is 1.70. The molecule has 1 aromatic rings. The van der Waals surface area contributed by atoms with Crippen molar-refractivity contribution in [3.8, 4) is 5.75 Å². The van der Waals surface area contributed by atoms with Crippen molar-refractivity contribution in [2.45, 2.75) is 112 Å². The number of benzene rings is 1. The molecule has 4 heterocycles. The van der Waals surface area contributed by atoms with E-state index in [4.69, 9.17) is 44.8 Å². The first-order valence-corrected chi connectivity index (χ1v) is 19.6. The number of hydrogen-bond acceptors (Lipinski definition) is 13.